The second kappa shape index (κ2) is 9.76. The second-order valence-electron chi connectivity index (χ2n) is 7.89. The maximum atomic E-state index is 13.1. The lowest BCUT2D eigenvalue weighted by atomic mass is 10.1. The lowest BCUT2D eigenvalue weighted by molar-refractivity contribution is -0.0547. The number of nitrogens with zero attached hydrogens (tertiary/aromatic N) is 3. The Morgan fingerprint density at radius 3 is 2.53 bits per heavy atom. The minimum Gasteiger partial charge on any atom is -0.387 e. The van der Waals surface area contributed by atoms with Crippen molar-refractivity contribution < 1.29 is 52.1 Å². The highest BCUT2D eigenvalue weighted by atomic mass is 31.3. The van der Waals surface area contributed by atoms with Gasteiger partial charge in [0.2, 0.25) is 0 Å². The SMILES string of the molecule is Cc1cccc2onc(Cn3c(=O)ccn([C@@H]4O[C@H](COP(=O)(O)OP(=O)(O)O)[C@@H](O)[C@H]4O)c3=O)c12. The molecule has 36 heavy (non-hydrogen) atoms. The van der Waals surface area contributed by atoms with Gasteiger partial charge in [0.25, 0.3) is 5.56 Å². The molecule has 16 nitrogen and oxygen atoms in total. The van der Waals surface area contributed by atoms with Gasteiger partial charge in [-0.25, -0.2) is 13.9 Å². The molecule has 196 valence electrons. The van der Waals surface area contributed by atoms with Crippen LogP contribution in [0.4, 0.5) is 0 Å². The standard InChI is InChI=1S/C18H21N3O13P2/c1-9-3-2-4-11-14(9)10(19-33-11)7-21-13(22)5-6-20(18(21)25)17-16(24)15(23)12(32-17)8-31-36(29,30)34-35(26,27)28/h2-6,12,15-17,23-24H,7-8H2,1H3,(H,29,30)(H2,26,27,28)/t12-,15-,16-,17-/m1/s1. The van der Waals surface area contributed by atoms with Crippen LogP contribution in [0.15, 0.2) is 44.6 Å². The summed E-state index contributed by atoms with van der Waals surface area (Å²) in [5, 5.41) is 25.2. The Kier molecular flexibility index (Phi) is 7.20. The van der Waals surface area contributed by atoms with E-state index >= 15 is 0 Å². The van der Waals surface area contributed by atoms with Gasteiger partial charge in [-0.15, -0.1) is 0 Å². The van der Waals surface area contributed by atoms with Crippen LogP contribution in [0.2, 0.25) is 0 Å². The summed E-state index contributed by atoms with van der Waals surface area (Å²) in [6.07, 6.45) is -5.53. The molecule has 1 aliphatic rings. The normalized spacial score (nSPS) is 24.3. The molecule has 3 aromatic rings. The van der Waals surface area contributed by atoms with Gasteiger partial charge in [0.1, 0.15) is 24.0 Å². The molecular weight excluding hydrogens is 528 g/mol. The van der Waals surface area contributed by atoms with Crippen molar-refractivity contribution in [3.05, 3.63) is 62.6 Å². The summed E-state index contributed by atoms with van der Waals surface area (Å²) in [5.41, 5.74) is -0.0494. The van der Waals surface area contributed by atoms with Crippen molar-refractivity contribution in [2.45, 2.75) is 38.0 Å². The van der Waals surface area contributed by atoms with E-state index in [4.69, 9.17) is 19.0 Å². The Labute approximate surface area is 200 Å². The van der Waals surface area contributed by atoms with Crippen LogP contribution < -0.4 is 11.2 Å². The number of hydrogen-bond donors (Lipinski definition) is 5. The minimum absolute atomic E-state index is 0.276. The van der Waals surface area contributed by atoms with Crippen molar-refractivity contribution in [2.75, 3.05) is 6.61 Å². The molecule has 0 radical (unpaired) electrons. The van der Waals surface area contributed by atoms with Crippen LogP contribution in [-0.2, 0) is 29.2 Å². The molecule has 2 aromatic heterocycles. The summed E-state index contributed by atoms with van der Waals surface area (Å²) >= 11 is 0. The first-order chi connectivity index (χ1) is 16.8. The van der Waals surface area contributed by atoms with Gasteiger partial charge in [-0.05, 0) is 18.6 Å². The molecule has 1 unspecified atom stereocenters. The first kappa shape index (κ1) is 26.6. The van der Waals surface area contributed by atoms with Crippen LogP contribution in [0, 0.1) is 6.92 Å². The quantitative estimate of drug-likeness (QED) is 0.220. The van der Waals surface area contributed by atoms with E-state index in [-0.39, 0.29) is 6.54 Å². The maximum Gasteiger partial charge on any atom is 0.481 e. The van der Waals surface area contributed by atoms with Crippen molar-refractivity contribution >= 4 is 26.6 Å². The van der Waals surface area contributed by atoms with E-state index in [1.165, 1.54) is 0 Å². The van der Waals surface area contributed by atoms with Gasteiger partial charge in [0.15, 0.2) is 11.8 Å². The Morgan fingerprint density at radius 1 is 1.11 bits per heavy atom. The number of fused-ring (bicyclic) bond motifs is 1. The van der Waals surface area contributed by atoms with Gasteiger partial charge in [-0.1, -0.05) is 17.3 Å². The number of phosphoric acid groups is 2. The molecule has 0 amide bonds. The molecule has 0 saturated carbocycles. The monoisotopic (exact) mass is 549 g/mol. The zero-order valence-corrected chi connectivity index (χ0v) is 20.1. The van der Waals surface area contributed by atoms with Gasteiger partial charge in [-0.2, -0.15) is 4.31 Å². The number of aliphatic hydroxyl groups excluding tert-OH is 2. The number of ether oxygens (including phenoxy) is 1. The third-order valence-corrected chi connectivity index (χ3v) is 7.56. The highest BCUT2D eigenvalue weighted by Gasteiger charge is 2.46. The number of aliphatic hydroxyl groups is 2. The van der Waals surface area contributed by atoms with E-state index in [1.54, 1.807) is 25.1 Å². The smallest absolute Gasteiger partial charge is 0.387 e. The van der Waals surface area contributed by atoms with Crippen LogP contribution in [0.25, 0.3) is 11.0 Å². The summed E-state index contributed by atoms with van der Waals surface area (Å²) in [7, 11) is -10.6. The molecule has 3 heterocycles. The number of hydrogen-bond acceptors (Lipinski definition) is 11. The zero-order chi connectivity index (χ0) is 26.4. The highest BCUT2D eigenvalue weighted by molar-refractivity contribution is 7.60. The van der Waals surface area contributed by atoms with Crippen LogP contribution in [0.3, 0.4) is 0 Å². The molecule has 1 aromatic carbocycles. The van der Waals surface area contributed by atoms with Crippen LogP contribution >= 0.6 is 15.6 Å². The molecule has 18 heteroatoms. The highest BCUT2D eigenvalue weighted by Crippen LogP contribution is 2.57. The topological polar surface area (TPSA) is 233 Å². The predicted molar refractivity (Wildman–Crippen MR) is 118 cm³/mol. The molecule has 0 aliphatic carbocycles. The second-order valence-corrected chi connectivity index (χ2v) is 10.7. The first-order valence-corrected chi connectivity index (χ1v) is 13.2. The lowest BCUT2D eigenvalue weighted by Crippen LogP contribution is -2.43. The first-order valence-electron chi connectivity index (χ1n) is 10.2. The molecule has 1 aliphatic heterocycles. The summed E-state index contributed by atoms with van der Waals surface area (Å²) in [6.45, 7) is 0.584. The fourth-order valence-corrected chi connectivity index (χ4v) is 5.39. The summed E-state index contributed by atoms with van der Waals surface area (Å²) in [4.78, 5) is 52.3. The Bertz CT molecular complexity index is 1490. The van der Waals surface area contributed by atoms with Gasteiger partial charge < -0.3 is 34.2 Å². The molecule has 0 bridgehead atoms. The van der Waals surface area contributed by atoms with Crippen molar-refractivity contribution in [3.8, 4) is 0 Å². The molecule has 4 rings (SSSR count). The molecule has 5 atom stereocenters. The Morgan fingerprint density at radius 2 is 1.83 bits per heavy atom. The van der Waals surface area contributed by atoms with Gasteiger partial charge in [0.05, 0.1) is 13.2 Å². The number of rotatable bonds is 8. The Hall–Kier alpha value is -2.49. The lowest BCUT2D eigenvalue weighted by Gasteiger charge is -2.19. The predicted octanol–water partition coefficient (Wildman–Crippen LogP) is -0.647. The van der Waals surface area contributed by atoms with Gasteiger partial charge >= 0.3 is 21.3 Å². The van der Waals surface area contributed by atoms with Crippen LogP contribution in [0.5, 0.6) is 0 Å². The van der Waals surface area contributed by atoms with E-state index < -0.39 is 58.0 Å². The Balaban J connectivity index is 1.58. The zero-order valence-electron chi connectivity index (χ0n) is 18.3. The third-order valence-electron chi connectivity index (χ3n) is 5.40. The van der Waals surface area contributed by atoms with Gasteiger partial charge in [0, 0.05) is 17.6 Å². The fourth-order valence-electron chi connectivity index (χ4n) is 3.79. The van der Waals surface area contributed by atoms with Gasteiger partial charge in [-0.3, -0.25) is 18.5 Å². The van der Waals surface area contributed by atoms with E-state index in [1.807, 2.05) is 0 Å². The fraction of sp³-hybridized carbons (Fsp3) is 0.389. The van der Waals surface area contributed by atoms with E-state index in [9.17, 15) is 33.8 Å². The van der Waals surface area contributed by atoms with Crippen molar-refractivity contribution in [3.63, 3.8) is 0 Å². The molecule has 5 N–H and O–H groups in total. The van der Waals surface area contributed by atoms with E-state index in [2.05, 4.69) is 14.0 Å². The van der Waals surface area contributed by atoms with E-state index in [0.29, 0.717) is 16.7 Å². The molecule has 0 spiro atoms. The maximum absolute atomic E-state index is 13.1. The summed E-state index contributed by atoms with van der Waals surface area (Å²) in [6, 6.07) is 6.26. The molecule has 1 saturated heterocycles. The number of phosphoric ester groups is 1. The van der Waals surface area contributed by atoms with Crippen LogP contribution in [-0.4, -0.2) is 64.1 Å². The van der Waals surface area contributed by atoms with Crippen LogP contribution in [0.1, 0.15) is 17.5 Å². The number of aryl methyl sites for hydroxylation is 1. The summed E-state index contributed by atoms with van der Waals surface area (Å²) in [5.74, 6) is 0. The number of benzene rings is 1. The number of aromatic nitrogens is 3. The average Bonchev–Trinajstić information content (AvgIpc) is 3.30. The minimum atomic E-state index is -5.38. The molecular formula is C18H21N3O13P2. The summed E-state index contributed by atoms with van der Waals surface area (Å²) < 4.78 is 42.8. The molecule has 1 fully saturated rings. The largest absolute Gasteiger partial charge is 0.481 e. The van der Waals surface area contributed by atoms with Crippen molar-refractivity contribution in [2.24, 2.45) is 0 Å². The van der Waals surface area contributed by atoms with Crippen molar-refractivity contribution in [1.82, 2.24) is 14.3 Å². The third kappa shape index (κ3) is 5.43. The average molecular weight is 549 g/mol. The van der Waals surface area contributed by atoms with Crippen molar-refractivity contribution in [1.29, 1.82) is 0 Å². The van der Waals surface area contributed by atoms with E-state index in [0.717, 1.165) is 27.0 Å².